The van der Waals surface area contributed by atoms with E-state index in [1.165, 1.54) is 36.0 Å². The number of anilines is 1. The number of carbonyl (C=O) groups is 1. The first-order chi connectivity index (χ1) is 14.2. The molecule has 0 unspecified atom stereocenters. The molecular weight excluding hydrogens is 391 g/mol. The lowest BCUT2D eigenvalue weighted by Gasteiger charge is -2.10. The van der Waals surface area contributed by atoms with Gasteiger partial charge in [0.05, 0.1) is 11.9 Å². The molecule has 4 rings (SSSR count). The Kier molecular flexibility index (Phi) is 5.57. The molecule has 0 fully saturated rings. The largest absolute Gasteiger partial charge is 0.325 e. The summed E-state index contributed by atoms with van der Waals surface area (Å²) >= 11 is 1.24. The SMILES string of the molecule is O=C(CSc1nnc(-c2cnccn2)n1-c1ccccc1)Nc1ccc(F)cc1. The van der Waals surface area contributed by atoms with E-state index in [-0.39, 0.29) is 17.5 Å². The number of aromatic nitrogens is 5. The summed E-state index contributed by atoms with van der Waals surface area (Å²) in [6, 6.07) is 15.2. The lowest BCUT2D eigenvalue weighted by molar-refractivity contribution is -0.113. The predicted octanol–water partition coefficient (Wildman–Crippen LogP) is 3.59. The molecular formula is C20H15FN6OS. The van der Waals surface area contributed by atoms with Crippen LogP contribution in [0.25, 0.3) is 17.2 Å². The maximum atomic E-state index is 13.0. The first-order valence-corrected chi connectivity index (χ1v) is 9.65. The summed E-state index contributed by atoms with van der Waals surface area (Å²) in [5.74, 6) is 0.0592. The highest BCUT2D eigenvalue weighted by molar-refractivity contribution is 7.99. The first-order valence-electron chi connectivity index (χ1n) is 8.66. The highest BCUT2D eigenvalue weighted by atomic mass is 32.2. The van der Waals surface area contributed by atoms with E-state index in [2.05, 4.69) is 25.5 Å². The fourth-order valence-electron chi connectivity index (χ4n) is 2.61. The van der Waals surface area contributed by atoms with Gasteiger partial charge in [-0.2, -0.15) is 0 Å². The Morgan fingerprint density at radius 2 is 1.83 bits per heavy atom. The lowest BCUT2D eigenvalue weighted by Crippen LogP contribution is -2.14. The molecule has 144 valence electrons. The quantitative estimate of drug-likeness (QED) is 0.493. The molecule has 1 amide bonds. The molecule has 0 aliphatic heterocycles. The normalized spacial score (nSPS) is 10.7. The van der Waals surface area contributed by atoms with Gasteiger partial charge in [-0.05, 0) is 36.4 Å². The Morgan fingerprint density at radius 1 is 1.03 bits per heavy atom. The van der Waals surface area contributed by atoms with Gasteiger partial charge in [-0.25, -0.2) is 9.37 Å². The topological polar surface area (TPSA) is 85.6 Å². The van der Waals surface area contributed by atoms with Gasteiger partial charge in [-0.1, -0.05) is 30.0 Å². The van der Waals surface area contributed by atoms with Crippen LogP contribution in [0.2, 0.25) is 0 Å². The standard InChI is InChI=1S/C20H15FN6OS/c21-14-6-8-15(9-7-14)24-18(28)13-29-20-26-25-19(17-12-22-10-11-23-17)27(20)16-4-2-1-3-5-16/h1-12H,13H2,(H,24,28). The second-order valence-corrected chi connectivity index (χ2v) is 6.85. The van der Waals surface area contributed by atoms with Crippen LogP contribution in [0.15, 0.2) is 78.3 Å². The van der Waals surface area contributed by atoms with Crippen molar-refractivity contribution in [1.29, 1.82) is 0 Å². The second-order valence-electron chi connectivity index (χ2n) is 5.91. The summed E-state index contributed by atoms with van der Waals surface area (Å²) in [5, 5.41) is 11.8. The fourth-order valence-corrected chi connectivity index (χ4v) is 3.37. The van der Waals surface area contributed by atoms with Crippen molar-refractivity contribution in [1.82, 2.24) is 24.7 Å². The number of para-hydroxylation sites is 1. The molecule has 29 heavy (non-hydrogen) atoms. The molecule has 0 aliphatic carbocycles. The van der Waals surface area contributed by atoms with Crippen molar-refractivity contribution < 1.29 is 9.18 Å². The van der Waals surface area contributed by atoms with Crippen molar-refractivity contribution >= 4 is 23.4 Å². The van der Waals surface area contributed by atoms with Gasteiger partial charge < -0.3 is 5.32 Å². The lowest BCUT2D eigenvalue weighted by atomic mass is 10.3. The monoisotopic (exact) mass is 406 g/mol. The Bertz CT molecular complexity index is 1100. The number of amides is 1. The average Bonchev–Trinajstić information content (AvgIpc) is 3.19. The molecule has 2 aromatic heterocycles. The van der Waals surface area contributed by atoms with Crippen LogP contribution in [0, 0.1) is 5.82 Å². The van der Waals surface area contributed by atoms with Crippen molar-refractivity contribution in [2.24, 2.45) is 0 Å². The number of carbonyl (C=O) groups excluding carboxylic acids is 1. The van der Waals surface area contributed by atoms with Crippen LogP contribution in [0.3, 0.4) is 0 Å². The molecule has 0 spiro atoms. The Hall–Kier alpha value is -3.59. The predicted molar refractivity (Wildman–Crippen MR) is 108 cm³/mol. The summed E-state index contributed by atoms with van der Waals surface area (Å²) in [6.45, 7) is 0. The third-order valence-corrected chi connectivity index (χ3v) is 4.83. The van der Waals surface area contributed by atoms with Crippen LogP contribution < -0.4 is 5.32 Å². The van der Waals surface area contributed by atoms with Crippen LogP contribution in [0.1, 0.15) is 0 Å². The van der Waals surface area contributed by atoms with Gasteiger partial charge in [0.25, 0.3) is 0 Å². The molecule has 0 radical (unpaired) electrons. The zero-order chi connectivity index (χ0) is 20.1. The molecule has 0 saturated carbocycles. The van der Waals surface area contributed by atoms with Gasteiger partial charge in [-0.15, -0.1) is 10.2 Å². The number of hydrogen-bond donors (Lipinski definition) is 1. The summed E-state index contributed by atoms with van der Waals surface area (Å²) in [4.78, 5) is 20.7. The zero-order valence-electron chi connectivity index (χ0n) is 15.1. The van der Waals surface area contributed by atoms with Crippen molar-refractivity contribution in [2.75, 3.05) is 11.1 Å². The molecule has 0 aliphatic rings. The van der Waals surface area contributed by atoms with Gasteiger partial charge in [-0.3, -0.25) is 14.3 Å². The molecule has 9 heteroatoms. The Balaban J connectivity index is 1.56. The molecule has 1 N–H and O–H groups in total. The van der Waals surface area contributed by atoms with Crippen molar-refractivity contribution in [2.45, 2.75) is 5.16 Å². The smallest absolute Gasteiger partial charge is 0.234 e. The zero-order valence-corrected chi connectivity index (χ0v) is 15.9. The van der Waals surface area contributed by atoms with Crippen molar-refractivity contribution in [3.05, 3.63) is 79.0 Å². The Labute approximate surface area is 170 Å². The van der Waals surface area contributed by atoms with E-state index in [0.717, 1.165) is 5.69 Å². The molecule has 2 heterocycles. The number of benzene rings is 2. The van der Waals surface area contributed by atoms with E-state index in [0.29, 0.717) is 22.4 Å². The van der Waals surface area contributed by atoms with Crippen LogP contribution in [-0.2, 0) is 4.79 Å². The molecule has 7 nitrogen and oxygen atoms in total. The van der Waals surface area contributed by atoms with Gasteiger partial charge in [0.1, 0.15) is 11.5 Å². The number of halogens is 1. The van der Waals surface area contributed by atoms with Gasteiger partial charge >= 0.3 is 0 Å². The summed E-state index contributed by atoms with van der Waals surface area (Å²) < 4.78 is 14.8. The highest BCUT2D eigenvalue weighted by Gasteiger charge is 2.18. The van der Waals surface area contributed by atoms with E-state index in [4.69, 9.17) is 0 Å². The van der Waals surface area contributed by atoms with E-state index in [9.17, 15) is 9.18 Å². The van der Waals surface area contributed by atoms with Crippen molar-refractivity contribution in [3.8, 4) is 17.2 Å². The maximum absolute atomic E-state index is 13.0. The average molecular weight is 406 g/mol. The molecule has 0 bridgehead atoms. The minimum atomic E-state index is -0.357. The van der Waals surface area contributed by atoms with Gasteiger partial charge in [0.15, 0.2) is 11.0 Å². The van der Waals surface area contributed by atoms with Gasteiger partial charge in [0.2, 0.25) is 5.91 Å². The highest BCUT2D eigenvalue weighted by Crippen LogP contribution is 2.26. The third kappa shape index (κ3) is 4.46. The van der Waals surface area contributed by atoms with Crippen LogP contribution in [0.4, 0.5) is 10.1 Å². The van der Waals surface area contributed by atoms with E-state index in [1.807, 2.05) is 34.9 Å². The number of thioether (sulfide) groups is 1. The number of rotatable bonds is 6. The fraction of sp³-hybridized carbons (Fsp3) is 0.0500. The first kappa shape index (κ1) is 18.8. The number of hydrogen-bond acceptors (Lipinski definition) is 6. The van der Waals surface area contributed by atoms with Crippen LogP contribution in [-0.4, -0.2) is 36.4 Å². The maximum Gasteiger partial charge on any atom is 0.234 e. The summed E-state index contributed by atoms with van der Waals surface area (Å²) in [5.41, 5.74) is 1.95. The summed E-state index contributed by atoms with van der Waals surface area (Å²) in [6.07, 6.45) is 4.78. The van der Waals surface area contributed by atoms with Gasteiger partial charge in [0, 0.05) is 23.8 Å². The molecule has 0 atom stereocenters. The number of nitrogens with one attached hydrogen (secondary N) is 1. The third-order valence-electron chi connectivity index (χ3n) is 3.90. The molecule has 4 aromatic rings. The van der Waals surface area contributed by atoms with Crippen molar-refractivity contribution in [3.63, 3.8) is 0 Å². The Morgan fingerprint density at radius 3 is 2.55 bits per heavy atom. The van der Waals surface area contributed by atoms with E-state index < -0.39 is 0 Å². The molecule has 2 aromatic carbocycles. The van der Waals surface area contributed by atoms with Crippen LogP contribution >= 0.6 is 11.8 Å². The van der Waals surface area contributed by atoms with E-state index in [1.54, 1.807) is 18.6 Å². The van der Waals surface area contributed by atoms with Crippen LogP contribution in [0.5, 0.6) is 0 Å². The second kappa shape index (κ2) is 8.61. The minimum absolute atomic E-state index is 0.114. The number of nitrogens with zero attached hydrogens (tertiary/aromatic N) is 5. The van der Waals surface area contributed by atoms with E-state index >= 15 is 0 Å². The summed E-state index contributed by atoms with van der Waals surface area (Å²) in [7, 11) is 0. The minimum Gasteiger partial charge on any atom is -0.325 e. The molecule has 0 saturated heterocycles.